The van der Waals surface area contributed by atoms with Crippen LogP contribution in [0.25, 0.3) is 10.4 Å². The van der Waals surface area contributed by atoms with Crippen molar-refractivity contribution in [1.82, 2.24) is 0 Å². The summed E-state index contributed by atoms with van der Waals surface area (Å²) in [6.07, 6.45) is 1.15. The van der Waals surface area contributed by atoms with Gasteiger partial charge in [0.05, 0.1) is 11.8 Å². The maximum absolute atomic E-state index is 12.7. The van der Waals surface area contributed by atoms with Gasteiger partial charge in [0, 0.05) is 4.88 Å². The number of rotatable bonds is 2. The summed E-state index contributed by atoms with van der Waals surface area (Å²) in [5.74, 6) is 0. The minimum Gasteiger partial charge on any atom is -0.450 e. The van der Waals surface area contributed by atoms with Crippen LogP contribution in [0.3, 0.4) is 0 Å². The molecule has 2 aromatic heterocycles. The highest BCUT2D eigenvalue weighted by Gasteiger charge is 2.22. The summed E-state index contributed by atoms with van der Waals surface area (Å²) < 4.78 is 38.6. The molecule has 6 heteroatoms. The maximum atomic E-state index is 12.7. The van der Waals surface area contributed by atoms with Crippen LogP contribution in [0.5, 0.6) is 0 Å². The average Bonchev–Trinajstić information content (AvgIpc) is 2.73. The third kappa shape index (κ3) is 1.58. The van der Waals surface area contributed by atoms with Crippen molar-refractivity contribution in [2.75, 3.05) is 0 Å². The van der Waals surface area contributed by atoms with Crippen molar-refractivity contribution < 1.29 is 16.7 Å². The van der Waals surface area contributed by atoms with Crippen molar-refractivity contribution in [3.63, 3.8) is 0 Å². The lowest BCUT2D eigenvalue weighted by Crippen LogP contribution is -1.90. The van der Waals surface area contributed by atoms with E-state index in [-0.39, 0.29) is 5.56 Å². The third-order valence-electron chi connectivity index (χ3n) is 1.64. The first-order chi connectivity index (χ1) is 6.59. The normalized spacial score (nSPS) is 11.8. The SMILES string of the molecule is O=S(=O)(F)c1occc1-c1cccs1. The second-order valence-corrected chi connectivity index (χ2v) is 4.73. The number of thiophene rings is 1. The zero-order valence-corrected chi connectivity index (χ0v) is 8.44. The van der Waals surface area contributed by atoms with Crippen LogP contribution in [-0.2, 0) is 10.2 Å². The van der Waals surface area contributed by atoms with Crippen LogP contribution < -0.4 is 0 Å². The van der Waals surface area contributed by atoms with Gasteiger partial charge in [0.1, 0.15) is 0 Å². The van der Waals surface area contributed by atoms with Crippen molar-refractivity contribution >= 4 is 21.6 Å². The fraction of sp³-hybridized carbons (Fsp3) is 0. The Morgan fingerprint density at radius 2 is 2.14 bits per heavy atom. The Morgan fingerprint density at radius 1 is 1.36 bits per heavy atom. The van der Waals surface area contributed by atoms with Crippen molar-refractivity contribution in [3.05, 3.63) is 29.8 Å². The standard InChI is InChI=1S/C8H5FO3S2/c9-14(10,11)8-6(3-4-12-8)7-2-1-5-13-7/h1-5H. The van der Waals surface area contributed by atoms with Crippen LogP contribution in [0.2, 0.25) is 0 Å². The first-order valence-corrected chi connectivity index (χ1v) is 5.91. The van der Waals surface area contributed by atoms with Gasteiger partial charge in [-0.3, -0.25) is 0 Å². The number of hydrogen-bond donors (Lipinski definition) is 0. The second-order valence-electron chi connectivity index (χ2n) is 2.54. The summed E-state index contributed by atoms with van der Waals surface area (Å²) in [4.78, 5) is 0.662. The molecule has 0 aliphatic rings. The van der Waals surface area contributed by atoms with Gasteiger partial charge >= 0.3 is 10.2 Å². The lowest BCUT2D eigenvalue weighted by atomic mass is 10.3. The summed E-state index contributed by atoms with van der Waals surface area (Å²) in [6, 6.07) is 4.88. The van der Waals surface area contributed by atoms with Gasteiger partial charge in [-0.25, -0.2) is 0 Å². The molecule has 2 heterocycles. The van der Waals surface area contributed by atoms with E-state index in [1.54, 1.807) is 17.5 Å². The Bertz CT molecular complexity index is 525. The van der Waals surface area contributed by atoms with Crippen molar-refractivity contribution in [2.24, 2.45) is 0 Å². The average molecular weight is 232 g/mol. The van der Waals surface area contributed by atoms with Crippen LogP contribution in [0.15, 0.2) is 39.4 Å². The Labute approximate surface area is 84.0 Å². The molecule has 0 unspecified atom stereocenters. The molecule has 0 saturated heterocycles. The molecular weight excluding hydrogens is 227 g/mol. The highest BCUT2D eigenvalue weighted by molar-refractivity contribution is 7.86. The molecule has 3 nitrogen and oxygen atoms in total. The van der Waals surface area contributed by atoms with Crippen molar-refractivity contribution in [1.29, 1.82) is 0 Å². The topological polar surface area (TPSA) is 47.3 Å². The van der Waals surface area contributed by atoms with Crippen molar-refractivity contribution in [2.45, 2.75) is 5.09 Å². The largest absolute Gasteiger partial charge is 0.450 e. The minimum atomic E-state index is -4.78. The van der Waals surface area contributed by atoms with E-state index < -0.39 is 15.3 Å². The molecule has 0 radical (unpaired) electrons. The molecule has 14 heavy (non-hydrogen) atoms. The van der Waals surface area contributed by atoms with Gasteiger partial charge in [-0.15, -0.1) is 11.3 Å². The fourth-order valence-electron chi connectivity index (χ4n) is 1.10. The van der Waals surface area contributed by atoms with E-state index in [2.05, 4.69) is 4.42 Å². The molecule has 0 amide bonds. The molecule has 0 bridgehead atoms. The molecular formula is C8H5FO3S2. The molecule has 0 atom stereocenters. The quantitative estimate of drug-likeness (QED) is 0.748. The van der Waals surface area contributed by atoms with Gasteiger partial charge in [-0.05, 0) is 17.5 Å². The van der Waals surface area contributed by atoms with Gasteiger partial charge in [-0.1, -0.05) is 9.95 Å². The van der Waals surface area contributed by atoms with Crippen LogP contribution >= 0.6 is 11.3 Å². The van der Waals surface area contributed by atoms with E-state index in [9.17, 15) is 12.3 Å². The van der Waals surface area contributed by atoms with E-state index in [0.29, 0.717) is 4.88 Å². The van der Waals surface area contributed by atoms with E-state index in [0.717, 1.165) is 6.26 Å². The highest BCUT2D eigenvalue weighted by atomic mass is 32.3. The predicted molar refractivity (Wildman–Crippen MR) is 50.3 cm³/mol. The minimum absolute atomic E-state index is 0.266. The van der Waals surface area contributed by atoms with E-state index >= 15 is 0 Å². The van der Waals surface area contributed by atoms with E-state index in [1.165, 1.54) is 17.4 Å². The first-order valence-electron chi connectivity index (χ1n) is 3.65. The Kier molecular flexibility index (Phi) is 2.16. The summed E-state index contributed by atoms with van der Waals surface area (Å²) in [5, 5.41) is 1.15. The van der Waals surface area contributed by atoms with Crippen LogP contribution in [0.4, 0.5) is 3.89 Å². The summed E-state index contributed by atoms with van der Waals surface area (Å²) in [5.41, 5.74) is 0.266. The molecule has 0 saturated carbocycles. The lowest BCUT2D eigenvalue weighted by Gasteiger charge is -1.93. The summed E-state index contributed by atoms with van der Waals surface area (Å²) >= 11 is 1.32. The predicted octanol–water partition coefficient (Wildman–Crippen LogP) is 2.67. The molecule has 2 rings (SSSR count). The van der Waals surface area contributed by atoms with Gasteiger partial charge in [0.15, 0.2) is 0 Å². The fourth-order valence-corrected chi connectivity index (χ4v) is 2.52. The Hall–Kier alpha value is -1.14. The highest BCUT2D eigenvalue weighted by Crippen LogP contribution is 2.32. The van der Waals surface area contributed by atoms with Crippen molar-refractivity contribution in [3.8, 4) is 10.4 Å². The monoisotopic (exact) mass is 232 g/mol. The molecule has 0 aliphatic carbocycles. The number of halogens is 1. The first kappa shape index (κ1) is 9.42. The molecule has 0 N–H and O–H groups in total. The lowest BCUT2D eigenvalue weighted by molar-refractivity contribution is 0.436. The van der Waals surface area contributed by atoms with Gasteiger partial charge in [0.2, 0.25) is 0 Å². The van der Waals surface area contributed by atoms with Gasteiger partial charge in [0.25, 0.3) is 5.09 Å². The molecule has 0 spiro atoms. The van der Waals surface area contributed by atoms with Crippen LogP contribution in [-0.4, -0.2) is 8.42 Å². The smallest absolute Gasteiger partial charge is 0.366 e. The van der Waals surface area contributed by atoms with E-state index in [4.69, 9.17) is 0 Å². The summed E-state index contributed by atoms with van der Waals surface area (Å²) in [6.45, 7) is 0. The van der Waals surface area contributed by atoms with Crippen LogP contribution in [0, 0.1) is 0 Å². The molecule has 74 valence electrons. The van der Waals surface area contributed by atoms with Gasteiger partial charge in [-0.2, -0.15) is 8.42 Å². The number of furan rings is 1. The molecule has 0 aromatic carbocycles. The third-order valence-corrected chi connectivity index (χ3v) is 3.30. The zero-order chi connectivity index (χ0) is 10.2. The zero-order valence-electron chi connectivity index (χ0n) is 6.81. The Balaban J connectivity index is 2.62. The second kappa shape index (κ2) is 3.21. The summed E-state index contributed by atoms with van der Waals surface area (Å²) in [7, 11) is -4.78. The number of hydrogen-bond acceptors (Lipinski definition) is 4. The maximum Gasteiger partial charge on any atom is 0.366 e. The Morgan fingerprint density at radius 3 is 2.71 bits per heavy atom. The molecule has 0 aliphatic heterocycles. The molecule has 0 fully saturated rings. The van der Waals surface area contributed by atoms with Gasteiger partial charge < -0.3 is 4.42 Å². The van der Waals surface area contributed by atoms with Crippen LogP contribution in [0.1, 0.15) is 0 Å². The molecule has 2 aromatic rings. The van der Waals surface area contributed by atoms with E-state index in [1.807, 2.05) is 0 Å².